The summed E-state index contributed by atoms with van der Waals surface area (Å²) in [6.45, 7) is 8.68. The summed E-state index contributed by atoms with van der Waals surface area (Å²) < 4.78 is 2.13. The van der Waals surface area contributed by atoms with Crippen LogP contribution in [0.25, 0.3) is 11.0 Å². The second-order valence-corrected chi connectivity index (χ2v) is 4.82. The quantitative estimate of drug-likeness (QED) is 0.839. The first-order valence-corrected chi connectivity index (χ1v) is 5.74. The lowest BCUT2D eigenvalue weighted by molar-refractivity contribution is 0.421. The predicted octanol–water partition coefficient (Wildman–Crippen LogP) is 3.14. The minimum atomic E-state index is 0.367. The van der Waals surface area contributed by atoms with Crippen LogP contribution in [0.3, 0.4) is 0 Å². The fourth-order valence-corrected chi connectivity index (χ4v) is 1.95. The highest BCUT2D eigenvalue weighted by Crippen LogP contribution is 2.27. The van der Waals surface area contributed by atoms with Gasteiger partial charge in [0.2, 0.25) is 5.95 Å². The van der Waals surface area contributed by atoms with Crippen LogP contribution in [-0.4, -0.2) is 9.55 Å². The SMILES string of the molecule is Cc1ccc2nc(N)n(C(C)C(C)C)c2c1. The fourth-order valence-electron chi connectivity index (χ4n) is 1.95. The van der Waals surface area contributed by atoms with Crippen LogP contribution in [0.15, 0.2) is 18.2 Å². The van der Waals surface area contributed by atoms with Gasteiger partial charge in [-0.2, -0.15) is 0 Å². The number of nitrogens with two attached hydrogens (primary N) is 1. The summed E-state index contributed by atoms with van der Waals surface area (Å²) >= 11 is 0. The Bertz CT molecular complexity index is 511. The van der Waals surface area contributed by atoms with Gasteiger partial charge in [0.05, 0.1) is 11.0 Å². The minimum Gasteiger partial charge on any atom is -0.369 e. The lowest BCUT2D eigenvalue weighted by Crippen LogP contribution is -2.13. The molecule has 0 amide bonds. The molecule has 2 aromatic rings. The molecule has 0 bridgehead atoms. The molecule has 3 nitrogen and oxygen atoms in total. The number of hydrogen-bond donors (Lipinski definition) is 1. The van der Waals surface area contributed by atoms with Gasteiger partial charge in [-0.05, 0) is 37.5 Å². The summed E-state index contributed by atoms with van der Waals surface area (Å²) in [5.74, 6) is 1.15. The van der Waals surface area contributed by atoms with Gasteiger partial charge >= 0.3 is 0 Å². The highest BCUT2D eigenvalue weighted by atomic mass is 15.2. The van der Waals surface area contributed by atoms with Gasteiger partial charge in [0.1, 0.15) is 0 Å². The van der Waals surface area contributed by atoms with E-state index in [1.165, 1.54) is 5.56 Å². The molecule has 3 heteroatoms. The Morgan fingerprint density at radius 2 is 1.94 bits per heavy atom. The summed E-state index contributed by atoms with van der Waals surface area (Å²) in [4.78, 5) is 4.40. The summed E-state index contributed by atoms with van der Waals surface area (Å²) in [5, 5.41) is 0. The molecule has 0 aliphatic rings. The molecule has 0 aliphatic heterocycles. The average molecular weight is 217 g/mol. The van der Waals surface area contributed by atoms with Crippen molar-refractivity contribution in [3.63, 3.8) is 0 Å². The highest BCUT2D eigenvalue weighted by Gasteiger charge is 2.16. The highest BCUT2D eigenvalue weighted by molar-refractivity contribution is 5.79. The van der Waals surface area contributed by atoms with Crippen molar-refractivity contribution in [1.82, 2.24) is 9.55 Å². The molecule has 0 fully saturated rings. The molecule has 1 aromatic carbocycles. The molecule has 1 heterocycles. The first kappa shape index (κ1) is 11.0. The summed E-state index contributed by atoms with van der Waals surface area (Å²) in [7, 11) is 0. The van der Waals surface area contributed by atoms with E-state index in [9.17, 15) is 0 Å². The van der Waals surface area contributed by atoms with E-state index in [0.29, 0.717) is 17.9 Å². The van der Waals surface area contributed by atoms with Crippen LogP contribution >= 0.6 is 0 Å². The molecule has 16 heavy (non-hydrogen) atoms. The molecule has 0 aliphatic carbocycles. The Labute approximate surface area is 96.3 Å². The molecule has 2 N–H and O–H groups in total. The third-order valence-electron chi connectivity index (χ3n) is 3.24. The zero-order valence-electron chi connectivity index (χ0n) is 10.4. The minimum absolute atomic E-state index is 0.367. The van der Waals surface area contributed by atoms with Gasteiger partial charge in [-0.1, -0.05) is 19.9 Å². The number of fused-ring (bicyclic) bond motifs is 1. The third-order valence-corrected chi connectivity index (χ3v) is 3.24. The summed E-state index contributed by atoms with van der Waals surface area (Å²) in [6, 6.07) is 6.62. The zero-order chi connectivity index (χ0) is 11.9. The number of aromatic nitrogens is 2. The largest absolute Gasteiger partial charge is 0.369 e. The molecular formula is C13H19N3. The zero-order valence-corrected chi connectivity index (χ0v) is 10.4. The lowest BCUT2D eigenvalue weighted by Gasteiger charge is -2.19. The van der Waals surface area contributed by atoms with Crippen molar-refractivity contribution < 1.29 is 0 Å². The molecule has 1 unspecified atom stereocenters. The number of nitrogen functional groups attached to an aromatic ring is 1. The van der Waals surface area contributed by atoms with Crippen LogP contribution < -0.4 is 5.73 Å². The monoisotopic (exact) mass is 217 g/mol. The molecule has 0 saturated carbocycles. The number of rotatable bonds is 2. The number of nitrogens with zero attached hydrogens (tertiary/aromatic N) is 2. The molecular weight excluding hydrogens is 198 g/mol. The Kier molecular flexibility index (Phi) is 2.62. The van der Waals surface area contributed by atoms with Crippen LogP contribution in [0.4, 0.5) is 5.95 Å². The van der Waals surface area contributed by atoms with Crippen molar-refractivity contribution in [3.8, 4) is 0 Å². The van der Waals surface area contributed by atoms with Gasteiger partial charge in [0, 0.05) is 6.04 Å². The maximum absolute atomic E-state index is 5.99. The van der Waals surface area contributed by atoms with Gasteiger partial charge < -0.3 is 10.3 Å². The van der Waals surface area contributed by atoms with Gasteiger partial charge in [0.25, 0.3) is 0 Å². The molecule has 0 radical (unpaired) electrons. The van der Waals surface area contributed by atoms with Gasteiger partial charge in [0.15, 0.2) is 0 Å². The van der Waals surface area contributed by atoms with E-state index >= 15 is 0 Å². The third kappa shape index (κ3) is 1.66. The topological polar surface area (TPSA) is 43.8 Å². The molecule has 86 valence electrons. The van der Waals surface area contributed by atoms with Crippen LogP contribution in [0.1, 0.15) is 32.4 Å². The number of anilines is 1. The van der Waals surface area contributed by atoms with E-state index in [4.69, 9.17) is 5.73 Å². The fraction of sp³-hybridized carbons (Fsp3) is 0.462. The van der Waals surface area contributed by atoms with Crippen LogP contribution in [-0.2, 0) is 0 Å². The number of benzene rings is 1. The van der Waals surface area contributed by atoms with Crippen LogP contribution in [0.5, 0.6) is 0 Å². The Morgan fingerprint density at radius 3 is 2.56 bits per heavy atom. The molecule has 2 rings (SSSR count). The van der Waals surface area contributed by atoms with Crippen molar-refractivity contribution in [2.75, 3.05) is 5.73 Å². The molecule has 1 atom stereocenters. The summed E-state index contributed by atoms with van der Waals surface area (Å²) in [5.41, 5.74) is 9.35. The average Bonchev–Trinajstić information content (AvgIpc) is 2.52. The maximum atomic E-state index is 5.99. The van der Waals surface area contributed by atoms with Crippen molar-refractivity contribution in [3.05, 3.63) is 23.8 Å². The predicted molar refractivity (Wildman–Crippen MR) is 68.4 cm³/mol. The van der Waals surface area contributed by atoms with Gasteiger partial charge in [-0.3, -0.25) is 0 Å². The smallest absolute Gasteiger partial charge is 0.201 e. The van der Waals surface area contributed by atoms with E-state index in [1.807, 2.05) is 6.07 Å². The second kappa shape index (κ2) is 3.81. The Hall–Kier alpha value is -1.51. The van der Waals surface area contributed by atoms with Crippen molar-refractivity contribution in [2.24, 2.45) is 5.92 Å². The van der Waals surface area contributed by atoms with Crippen LogP contribution in [0, 0.1) is 12.8 Å². The van der Waals surface area contributed by atoms with Crippen molar-refractivity contribution >= 4 is 17.0 Å². The van der Waals surface area contributed by atoms with Crippen molar-refractivity contribution in [1.29, 1.82) is 0 Å². The molecule has 1 aromatic heterocycles. The number of imidazole rings is 1. The standard InChI is InChI=1S/C13H19N3/c1-8(2)10(4)16-12-7-9(3)5-6-11(12)15-13(16)14/h5-8,10H,1-4H3,(H2,14,15). The summed E-state index contributed by atoms with van der Waals surface area (Å²) in [6.07, 6.45) is 0. The molecule has 0 saturated heterocycles. The van der Waals surface area contributed by atoms with E-state index in [0.717, 1.165) is 11.0 Å². The number of hydrogen-bond acceptors (Lipinski definition) is 2. The van der Waals surface area contributed by atoms with Gasteiger partial charge in [-0.15, -0.1) is 0 Å². The first-order chi connectivity index (χ1) is 7.50. The van der Waals surface area contributed by atoms with E-state index in [2.05, 4.69) is 49.4 Å². The maximum Gasteiger partial charge on any atom is 0.201 e. The van der Waals surface area contributed by atoms with E-state index in [1.54, 1.807) is 0 Å². The Balaban J connectivity index is 2.67. The van der Waals surface area contributed by atoms with E-state index < -0.39 is 0 Å². The number of aryl methyl sites for hydroxylation is 1. The van der Waals surface area contributed by atoms with E-state index in [-0.39, 0.29) is 0 Å². The lowest BCUT2D eigenvalue weighted by atomic mass is 10.1. The van der Waals surface area contributed by atoms with Gasteiger partial charge in [-0.25, -0.2) is 4.98 Å². The molecule has 0 spiro atoms. The van der Waals surface area contributed by atoms with Crippen LogP contribution in [0.2, 0.25) is 0 Å². The normalized spacial score (nSPS) is 13.6. The first-order valence-electron chi connectivity index (χ1n) is 5.74. The van der Waals surface area contributed by atoms with Crippen molar-refractivity contribution in [2.45, 2.75) is 33.7 Å². The second-order valence-electron chi connectivity index (χ2n) is 4.82. The Morgan fingerprint density at radius 1 is 1.25 bits per heavy atom.